The van der Waals surface area contributed by atoms with Gasteiger partial charge in [-0.15, -0.1) is 10.2 Å². The molecule has 0 aliphatic carbocycles. The fourth-order valence-corrected chi connectivity index (χ4v) is 0.416. The Hall–Kier alpha value is -1.26. The van der Waals surface area contributed by atoms with Gasteiger partial charge in [-0.3, -0.25) is 0 Å². The van der Waals surface area contributed by atoms with Gasteiger partial charge in [0, 0.05) is 7.05 Å². The molecule has 0 saturated carbocycles. The maximum Gasteiger partial charge on any atom is 0.240 e. The third-order valence-corrected chi connectivity index (χ3v) is 0.815. The summed E-state index contributed by atoms with van der Waals surface area (Å²) in [7, 11) is 1.74. The lowest BCUT2D eigenvalue weighted by molar-refractivity contribution is 0.934. The molecule has 0 atom stereocenters. The molecule has 5 heteroatoms. The lowest BCUT2D eigenvalue weighted by atomic mass is 11.1. The monoisotopic (exact) mass is 113 g/mol. The molecule has 0 bridgehead atoms. The number of nitrogens with zero attached hydrogens (tertiary/aromatic N) is 3. The van der Waals surface area contributed by atoms with E-state index in [0.717, 1.165) is 0 Å². The SMILES string of the molecule is CNn1cnnc1N. The Morgan fingerprint density at radius 2 is 2.62 bits per heavy atom. The first-order valence-corrected chi connectivity index (χ1v) is 2.18. The maximum absolute atomic E-state index is 5.28. The zero-order valence-electron chi connectivity index (χ0n) is 4.50. The lowest BCUT2D eigenvalue weighted by Crippen LogP contribution is -2.10. The molecule has 0 amide bonds. The van der Waals surface area contributed by atoms with Crippen LogP contribution >= 0.6 is 0 Å². The molecule has 0 aliphatic rings. The van der Waals surface area contributed by atoms with Crippen LogP contribution in [-0.4, -0.2) is 21.9 Å². The van der Waals surface area contributed by atoms with E-state index >= 15 is 0 Å². The van der Waals surface area contributed by atoms with E-state index in [1.54, 1.807) is 7.05 Å². The molecule has 1 aromatic rings. The van der Waals surface area contributed by atoms with Gasteiger partial charge < -0.3 is 11.2 Å². The molecule has 0 fully saturated rings. The van der Waals surface area contributed by atoms with Gasteiger partial charge in [0.15, 0.2) is 0 Å². The molecule has 0 radical (unpaired) electrons. The lowest BCUT2D eigenvalue weighted by Gasteiger charge is -1.96. The minimum absolute atomic E-state index is 0.368. The van der Waals surface area contributed by atoms with Gasteiger partial charge in [0.1, 0.15) is 6.33 Å². The summed E-state index contributed by atoms with van der Waals surface area (Å²) < 4.78 is 1.51. The number of nitrogens with two attached hydrogens (primary N) is 1. The average molecular weight is 113 g/mol. The zero-order chi connectivity index (χ0) is 5.98. The van der Waals surface area contributed by atoms with Gasteiger partial charge in [-0.25, -0.2) is 4.68 Å². The summed E-state index contributed by atoms with van der Waals surface area (Å²) in [5.74, 6) is 0.368. The van der Waals surface area contributed by atoms with Gasteiger partial charge in [0.05, 0.1) is 0 Å². The summed E-state index contributed by atoms with van der Waals surface area (Å²) in [5, 5.41) is 7.03. The highest BCUT2D eigenvalue weighted by atomic mass is 15.5. The second kappa shape index (κ2) is 1.69. The summed E-state index contributed by atoms with van der Waals surface area (Å²) in [4.78, 5) is 0. The van der Waals surface area contributed by atoms with Gasteiger partial charge in [0.2, 0.25) is 5.95 Å². The van der Waals surface area contributed by atoms with Crippen LogP contribution in [0.25, 0.3) is 0 Å². The molecule has 44 valence electrons. The van der Waals surface area contributed by atoms with Crippen molar-refractivity contribution in [1.29, 1.82) is 0 Å². The van der Waals surface area contributed by atoms with E-state index < -0.39 is 0 Å². The summed E-state index contributed by atoms with van der Waals surface area (Å²) in [5.41, 5.74) is 8.02. The number of rotatable bonds is 1. The van der Waals surface area contributed by atoms with E-state index in [4.69, 9.17) is 5.73 Å². The molecule has 0 aromatic carbocycles. The van der Waals surface area contributed by atoms with Crippen molar-refractivity contribution >= 4 is 5.95 Å². The first-order valence-electron chi connectivity index (χ1n) is 2.18. The summed E-state index contributed by atoms with van der Waals surface area (Å²) in [6, 6.07) is 0. The molecule has 0 spiro atoms. The fraction of sp³-hybridized carbons (Fsp3) is 0.333. The van der Waals surface area contributed by atoms with E-state index in [9.17, 15) is 0 Å². The first-order chi connectivity index (χ1) is 3.84. The Bertz CT molecular complexity index is 168. The van der Waals surface area contributed by atoms with Crippen molar-refractivity contribution in [2.24, 2.45) is 0 Å². The van der Waals surface area contributed by atoms with E-state index in [2.05, 4.69) is 15.6 Å². The summed E-state index contributed by atoms with van der Waals surface area (Å²) >= 11 is 0. The highest BCUT2D eigenvalue weighted by molar-refractivity contribution is 5.13. The van der Waals surface area contributed by atoms with Gasteiger partial charge in [-0.1, -0.05) is 0 Å². The third kappa shape index (κ3) is 0.575. The van der Waals surface area contributed by atoms with Crippen LogP contribution in [0, 0.1) is 0 Å². The van der Waals surface area contributed by atoms with E-state index in [-0.39, 0.29) is 0 Å². The van der Waals surface area contributed by atoms with Gasteiger partial charge in [-0.2, -0.15) is 0 Å². The van der Waals surface area contributed by atoms with Crippen LogP contribution in [0.5, 0.6) is 0 Å². The van der Waals surface area contributed by atoms with Crippen LogP contribution in [0.15, 0.2) is 6.33 Å². The number of anilines is 1. The van der Waals surface area contributed by atoms with Crippen LogP contribution in [-0.2, 0) is 0 Å². The molecule has 5 nitrogen and oxygen atoms in total. The molecular weight excluding hydrogens is 106 g/mol. The molecular formula is C3H7N5. The largest absolute Gasteiger partial charge is 0.366 e. The Labute approximate surface area is 46.5 Å². The van der Waals surface area contributed by atoms with Crippen molar-refractivity contribution in [2.45, 2.75) is 0 Å². The van der Waals surface area contributed by atoms with Crippen molar-refractivity contribution in [3.8, 4) is 0 Å². The van der Waals surface area contributed by atoms with Crippen LogP contribution in [0.1, 0.15) is 0 Å². The Kier molecular flexibility index (Phi) is 1.03. The minimum Gasteiger partial charge on any atom is -0.366 e. The Balaban J connectivity index is 2.92. The Morgan fingerprint density at radius 3 is 2.88 bits per heavy atom. The first kappa shape index (κ1) is 4.89. The normalized spacial score (nSPS) is 9.12. The van der Waals surface area contributed by atoms with E-state index in [1.807, 2.05) is 0 Å². The van der Waals surface area contributed by atoms with Crippen LogP contribution in [0.2, 0.25) is 0 Å². The van der Waals surface area contributed by atoms with Crippen molar-refractivity contribution in [3.63, 3.8) is 0 Å². The molecule has 0 aliphatic heterocycles. The molecule has 8 heavy (non-hydrogen) atoms. The molecule has 1 heterocycles. The zero-order valence-corrected chi connectivity index (χ0v) is 4.50. The summed E-state index contributed by atoms with van der Waals surface area (Å²) in [6.07, 6.45) is 1.50. The molecule has 0 saturated heterocycles. The second-order valence-corrected chi connectivity index (χ2v) is 1.28. The third-order valence-electron chi connectivity index (χ3n) is 0.815. The topological polar surface area (TPSA) is 68.8 Å². The molecule has 1 aromatic heterocycles. The van der Waals surface area contributed by atoms with E-state index in [0.29, 0.717) is 5.95 Å². The predicted octanol–water partition coefficient (Wildman–Crippen LogP) is -0.966. The predicted molar refractivity (Wildman–Crippen MR) is 29.7 cm³/mol. The van der Waals surface area contributed by atoms with Gasteiger partial charge in [-0.05, 0) is 0 Å². The number of nitrogens with one attached hydrogen (secondary N) is 1. The van der Waals surface area contributed by atoms with Crippen LogP contribution in [0.3, 0.4) is 0 Å². The van der Waals surface area contributed by atoms with Crippen LogP contribution in [0.4, 0.5) is 5.95 Å². The smallest absolute Gasteiger partial charge is 0.240 e. The Morgan fingerprint density at radius 1 is 1.88 bits per heavy atom. The van der Waals surface area contributed by atoms with Gasteiger partial charge in [0.25, 0.3) is 0 Å². The quantitative estimate of drug-likeness (QED) is 0.492. The number of aromatic nitrogens is 3. The minimum atomic E-state index is 0.368. The summed E-state index contributed by atoms with van der Waals surface area (Å²) in [6.45, 7) is 0. The molecule has 3 N–H and O–H groups in total. The molecule has 1 rings (SSSR count). The van der Waals surface area contributed by atoms with Crippen molar-refractivity contribution in [1.82, 2.24) is 14.9 Å². The van der Waals surface area contributed by atoms with E-state index in [1.165, 1.54) is 11.0 Å². The van der Waals surface area contributed by atoms with Crippen molar-refractivity contribution in [2.75, 3.05) is 18.2 Å². The highest BCUT2D eigenvalue weighted by Crippen LogP contribution is 1.87. The average Bonchev–Trinajstić information content (AvgIpc) is 2.14. The van der Waals surface area contributed by atoms with Crippen molar-refractivity contribution < 1.29 is 0 Å². The van der Waals surface area contributed by atoms with Crippen LogP contribution < -0.4 is 11.2 Å². The van der Waals surface area contributed by atoms with Crippen molar-refractivity contribution in [3.05, 3.63) is 6.33 Å². The maximum atomic E-state index is 5.28. The standard InChI is InChI=1S/C3H7N5/c1-5-8-2-6-7-3(8)4/h2,5H,1H3,(H2,4,7). The number of hydrogen-bond donors (Lipinski definition) is 2. The second-order valence-electron chi connectivity index (χ2n) is 1.28. The number of nitrogen functional groups attached to an aromatic ring is 1. The van der Waals surface area contributed by atoms with Gasteiger partial charge >= 0.3 is 0 Å². The number of hydrogen-bond acceptors (Lipinski definition) is 4. The molecule has 0 unspecified atom stereocenters. The fourth-order valence-electron chi connectivity index (χ4n) is 0.416. The highest BCUT2D eigenvalue weighted by Gasteiger charge is 1.90.